The average Bonchev–Trinajstić information content (AvgIpc) is 3.48. The summed E-state index contributed by atoms with van der Waals surface area (Å²) in [4.78, 5) is 40.0. The number of ketones is 1. The molecule has 2 aliphatic rings. The third-order valence-electron chi connectivity index (χ3n) is 8.79. The highest BCUT2D eigenvalue weighted by atomic mass is 16.4. The van der Waals surface area contributed by atoms with E-state index >= 15 is 0 Å². The molecule has 1 aliphatic carbocycles. The van der Waals surface area contributed by atoms with Gasteiger partial charge in [-0.1, -0.05) is 43.5 Å². The highest BCUT2D eigenvalue weighted by Crippen LogP contribution is 2.47. The number of aromatic carboxylic acids is 1. The summed E-state index contributed by atoms with van der Waals surface area (Å²) in [7, 11) is 0. The predicted octanol–water partition coefficient (Wildman–Crippen LogP) is 6.46. The van der Waals surface area contributed by atoms with Crippen molar-refractivity contribution in [1.29, 1.82) is 0 Å². The maximum atomic E-state index is 13.5. The molecule has 0 bridgehead atoms. The van der Waals surface area contributed by atoms with Gasteiger partial charge in [-0.3, -0.25) is 9.59 Å². The molecule has 3 heterocycles. The van der Waals surface area contributed by atoms with Crippen LogP contribution in [0, 0.1) is 0 Å². The molecule has 1 amide bonds. The lowest BCUT2D eigenvalue weighted by atomic mass is 9.81. The Hall–Kier alpha value is -3.87. The van der Waals surface area contributed by atoms with Gasteiger partial charge in [-0.15, -0.1) is 0 Å². The second-order valence-electron chi connectivity index (χ2n) is 10.9. The predicted molar refractivity (Wildman–Crippen MR) is 153 cm³/mol. The maximum absolute atomic E-state index is 13.5. The zero-order valence-electron chi connectivity index (χ0n) is 22.7. The van der Waals surface area contributed by atoms with Crippen molar-refractivity contribution in [3.63, 3.8) is 0 Å². The quantitative estimate of drug-likeness (QED) is 0.231. The Morgan fingerprint density at radius 2 is 1.72 bits per heavy atom. The summed E-state index contributed by atoms with van der Waals surface area (Å²) < 4.78 is 4.47. The lowest BCUT2D eigenvalue weighted by Crippen LogP contribution is -2.36. The lowest BCUT2D eigenvalue weighted by molar-refractivity contribution is -0.126. The molecule has 1 N–H and O–H groups in total. The van der Waals surface area contributed by atoms with Crippen LogP contribution in [0.15, 0.2) is 42.6 Å². The van der Waals surface area contributed by atoms with E-state index in [0.29, 0.717) is 36.7 Å². The molecule has 0 spiro atoms. The summed E-state index contributed by atoms with van der Waals surface area (Å²) in [5.41, 5.74) is 6.19. The summed E-state index contributed by atoms with van der Waals surface area (Å²) in [5.74, 6) is -1.44. The molecule has 0 atom stereocenters. The van der Waals surface area contributed by atoms with Gasteiger partial charge in [0.05, 0.1) is 22.3 Å². The summed E-state index contributed by atoms with van der Waals surface area (Å²) in [5, 5.41) is 11.7. The number of hydrogen-bond acceptors (Lipinski definition) is 3. The highest BCUT2D eigenvalue weighted by Gasteiger charge is 2.31. The van der Waals surface area contributed by atoms with Crippen LogP contribution in [0.3, 0.4) is 0 Å². The molecular weight excluding hydrogens is 490 g/mol. The maximum Gasteiger partial charge on any atom is 0.335 e. The number of amides is 1. The first-order valence-corrected chi connectivity index (χ1v) is 14.3. The van der Waals surface area contributed by atoms with E-state index in [1.807, 2.05) is 44.3 Å². The number of fused-ring (bicyclic) bond motifs is 4. The molecule has 1 fully saturated rings. The van der Waals surface area contributed by atoms with Crippen LogP contribution in [0.5, 0.6) is 0 Å². The van der Waals surface area contributed by atoms with E-state index < -0.39 is 17.7 Å². The number of likely N-dealkylation sites (N-methyl/N-ethyl adjacent to an activating group) is 1. The van der Waals surface area contributed by atoms with Crippen molar-refractivity contribution in [2.75, 3.05) is 13.1 Å². The van der Waals surface area contributed by atoms with E-state index in [1.165, 1.54) is 24.8 Å². The number of carbonyl (C=O) groups excluding carboxylic acids is 2. The van der Waals surface area contributed by atoms with Gasteiger partial charge in [0.1, 0.15) is 0 Å². The molecular formula is C32H35N3O4. The van der Waals surface area contributed by atoms with Crippen molar-refractivity contribution in [2.24, 2.45) is 0 Å². The van der Waals surface area contributed by atoms with E-state index in [4.69, 9.17) is 0 Å². The van der Waals surface area contributed by atoms with Gasteiger partial charge in [-0.25, -0.2) is 4.79 Å². The van der Waals surface area contributed by atoms with Gasteiger partial charge in [0.2, 0.25) is 0 Å². The summed E-state index contributed by atoms with van der Waals surface area (Å²) in [6.45, 7) is 6.22. The zero-order chi connectivity index (χ0) is 27.3. The fourth-order valence-electron chi connectivity index (χ4n) is 6.91. The molecule has 2 aromatic carbocycles. The molecule has 7 nitrogen and oxygen atoms in total. The van der Waals surface area contributed by atoms with Gasteiger partial charge in [0.25, 0.3) is 11.7 Å². The minimum atomic E-state index is -0.922. The van der Waals surface area contributed by atoms with Crippen LogP contribution in [-0.2, 0) is 17.9 Å². The fraction of sp³-hybridized carbons (Fsp3) is 0.406. The van der Waals surface area contributed by atoms with E-state index in [9.17, 15) is 19.5 Å². The van der Waals surface area contributed by atoms with Gasteiger partial charge in [-0.2, -0.15) is 0 Å². The van der Waals surface area contributed by atoms with Crippen LogP contribution in [0.25, 0.3) is 33.1 Å². The number of carboxylic acids is 1. The number of nitrogens with zero attached hydrogens (tertiary/aromatic N) is 3. The van der Waals surface area contributed by atoms with E-state index in [0.717, 1.165) is 58.9 Å². The molecule has 1 aliphatic heterocycles. The molecule has 0 radical (unpaired) electrons. The van der Waals surface area contributed by atoms with Gasteiger partial charge in [0.15, 0.2) is 0 Å². The number of aromatic nitrogens is 2. The Labute approximate surface area is 228 Å². The van der Waals surface area contributed by atoms with Crippen LogP contribution in [0.4, 0.5) is 0 Å². The van der Waals surface area contributed by atoms with Gasteiger partial charge >= 0.3 is 5.97 Å². The van der Waals surface area contributed by atoms with Crippen LogP contribution in [0.2, 0.25) is 0 Å². The normalized spacial score (nSPS) is 15.6. The number of Topliss-reactive ketones (excluding diaryl/α,β-unsaturated/α-hetero) is 1. The standard InChI is InChI=1S/C32H35N3O4/c1-3-33(4-2)31(37)30(36)25-19-34-16-9-17-35-26-18-21(32(38)39)14-15-23(26)27(20-10-6-5-7-11-20)29(35)24-13-8-12-22(25)28(24)34/h8,12-15,18-20H,3-7,9-11,16-17H2,1-2H3,(H,38,39). The highest BCUT2D eigenvalue weighted by molar-refractivity contribution is 6.45. The summed E-state index contributed by atoms with van der Waals surface area (Å²) >= 11 is 0. The van der Waals surface area contributed by atoms with Crippen molar-refractivity contribution in [1.82, 2.24) is 14.0 Å². The Kier molecular flexibility index (Phi) is 6.53. The van der Waals surface area contributed by atoms with E-state index in [-0.39, 0.29) is 0 Å². The molecule has 6 rings (SSSR count). The Balaban J connectivity index is 1.63. The van der Waals surface area contributed by atoms with Crippen molar-refractivity contribution in [3.05, 3.63) is 59.3 Å². The van der Waals surface area contributed by atoms with Crippen LogP contribution >= 0.6 is 0 Å². The molecule has 7 heteroatoms. The Morgan fingerprint density at radius 1 is 0.949 bits per heavy atom. The molecule has 0 saturated heterocycles. The molecule has 2 aromatic heterocycles. The van der Waals surface area contributed by atoms with Crippen molar-refractivity contribution in [2.45, 2.75) is 71.4 Å². The third-order valence-corrected chi connectivity index (χ3v) is 8.79. The minimum absolute atomic E-state index is 0.296. The number of para-hydroxylation sites is 1. The largest absolute Gasteiger partial charge is 0.478 e. The van der Waals surface area contributed by atoms with E-state index in [2.05, 4.69) is 15.2 Å². The average molecular weight is 526 g/mol. The smallest absolute Gasteiger partial charge is 0.335 e. The first kappa shape index (κ1) is 25.4. The van der Waals surface area contributed by atoms with Gasteiger partial charge in [-0.05, 0) is 56.7 Å². The molecule has 1 saturated carbocycles. The number of hydrogen-bond donors (Lipinski definition) is 1. The van der Waals surface area contributed by atoms with Gasteiger partial charge in [0, 0.05) is 54.2 Å². The Morgan fingerprint density at radius 3 is 2.44 bits per heavy atom. The van der Waals surface area contributed by atoms with E-state index in [1.54, 1.807) is 11.0 Å². The Bertz CT molecular complexity index is 1620. The lowest BCUT2D eigenvalue weighted by Gasteiger charge is -2.25. The monoisotopic (exact) mass is 525 g/mol. The number of carbonyl (C=O) groups is 3. The first-order chi connectivity index (χ1) is 18.9. The number of aryl methyl sites for hydroxylation is 2. The molecule has 202 valence electrons. The minimum Gasteiger partial charge on any atom is -0.478 e. The van der Waals surface area contributed by atoms with Crippen LogP contribution < -0.4 is 0 Å². The van der Waals surface area contributed by atoms with Crippen molar-refractivity contribution >= 4 is 39.5 Å². The topological polar surface area (TPSA) is 84.5 Å². The SMILES string of the molecule is CCN(CC)C(=O)C(=O)c1cn2c3c(cccc13)-c1c(C3CCCCC3)c3ccc(C(=O)O)cc3n1CCC2. The van der Waals surface area contributed by atoms with Crippen molar-refractivity contribution < 1.29 is 19.5 Å². The van der Waals surface area contributed by atoms with Crippen LogP contribution in [0.1, 0.15) is 84.6 Å². The van der Waals surface area contributed by atoms with Crippen molar-refractivity contribution in [3.8, 4) is 11.3 Å². The van der Waals surface area contributed by atoms with Crippen LogP contribution in [-0.4, -0.2) is 49.9 Å². The second-order valence-corrected chi connectivity index (χ2v) is 10.9. The second kappa shape index (κ2) is 10.0. The molecule has 4 aromatic rings. The number of benzene rings is 2. The first-order valence-electron chi connectivity index (χ1n) is 14.3. The zero-order valence-corrected chi connectivity index (χ0v) is 22.7. The third kappa shape index (κ3) is 4.06. The fourth-order valence-corrected chi connectivity index (χ4v) is 6.91. The van der Waals surface area contributed by atoms with Gasteiger partial charge < -0.3 is 19.1 Å². The summed E-state index contributed by atoms with van der Waals surface area (Å²) in [6.07, 6.45) is 8.57. The number of rotatable bonds is 6. The molecule has 0 unspecified atom stereocenters. The summed E-state index contributed by atoms with van der Waals surface area (Å²) in [6, 6.07) is 11.6. The number of carboxylic acid groups (broad SMARTS) is 1. The molecule has 39 heavy (non-hydrogen) atoms.